The van der Waals surface area contributed by atoms with E-state index in [4.69, 9.17) is 5.11 Å². The maximum Gasteiger partial charge on any atom is 0.303 e. The van der Waals surface area contributed by atoms with Crippen LogP contribution in [0.1, 0.15) is 54.9 Å². The van der Waals surface area contributed by atoms with E-state index in [1.165, 1.54) is 0 Å². The van der Waals surface area contributed by atoms with Gasteiger partial charge in [-0.15, -0.1) is 0 Å². The SMILES string of the molecule is C.CC(C)(CC(=O)O)CC(=O)C(C)(C)C. The fourth-order valence-electron chi connectivity index (χ4n) is 1.17. The maximum atomic E-state index is 11.7. The van der Waals surface area contributed by atoms with Gasteiger partial charge in [0, 0.05) is 11.8 Å². The molecule has 1 N–H and O–H groups in total. The molecule has 0 aromatic carbocycles. The Balaban J connectivity index is 0. The van der Waals surface area contributed by atoms with Crippen LogP contribution in [0.5, 0.6) is 0 Å². The van der Waals surface area contributed by atoms with Crippen molar-refractivity contribution in [1.82, 2.24) is 0 Å². The van der Waals surface area contributed by atoms with Crippen LogP contribution in [-0.4, -0.2) is 16.9 Å². The first-order valence-electron chi connectivity index (χ1n) is 4.80. The van der Waals surface area contributed by atoms with Crippen LogP contribution in [0.2, 0.25) is 0 Å². The summed E-state index contributed by atoms with van der Waals surface area (Å²) >= 11 is 0. The first-order chi connectivity index (χ1) is 6.04. The fourth-order valence-corrected chi connectivity index (χ4v) is 1.17. The Hall–Kier alpha value is -0.860. The summed E-state index contributed by atoms with van der Waals surface area (Å²) < 4.78 is 0. The third-order valence-corrected chi connectivity index (χ3v) is 2.11. The predicted molar refractivity (Wildman–Crippen MR) is 61.8 cm³/mol. The molecule has 0 atom stereocenters. The molecule has 0 spiro atoms. The number of carboxylic acids is 1. The van der Waals surface area contributed by atoms with Gasteiger partial charge in [0.2, 0.25) is 0 Å². The van der Waals surface area contributed by atoms with E-state index >= 15 is 0 Å². The number of carboxylic acid groups (broad SMARTS) is 1. The van der Waals surface area contributed by atoms with Crippen LogP contribution in [0.25, 0.3) is 0 Å². The third-order valence-electron chi connectivity index (χ3n) is 2.11. The summed E-state index contributed by atoms with van der Waals surface area (Å²) in [6.07, 6.45) is 0.359. The minimum atomic E-state index is -0.850. The molecule has 0 radical (unpaired) electrons. The molecular weight excluding hydrogens is 192 g/mol. The average Bonchev–Trinajstić information content (AvgIpc) is 1.79. The lowest BCUT2D eigenvalue weighted by molar-refractivity contribution is -0.140. The summed E-state index contributed by atoms with van der Waals surface area (Å²) in [4.78, 5) is 22.2. The molecule has 0 unspecified atom stereocenters. The first-order valence-corrected chi connectivity index (χ1v) is 4.80. The van der Waals surface area contributed by atoms with E-state index in [-0.39, 0.29) is 25.0 Å². The highest BCUT2D eigenvalue weighted by atomic mass is 16.4. The standard InChI is InChI=1S/C11H20O3.CH4/c1-10(2,3)8(12)6-11(4,5)7-9(13)14;/h6-7H2,1-5H3,(H,13,14);1H4. The van der Waals surface area contributed by atoms with Crippen molar-refractivity contribution in [3.8, 4) is 0 Å². The Labute approximate surface area is 92.9 Å². The van der Waals surface area contributed by atoms with E-state index in [1.807, 2.05) is 34.6 Å². The molecule has 0 fully saturated rings. The second-order valence-corrected chi connectivity index (χ2v) is 5.58. The zero-order valence-electron chi connectivity index (χ0n) is 9.68. The second kappa shape index (κ2) is 5.29. The summed E-state index contributed by atoms with van der Waals surface area (Å²) in [5.41, 5.74) is -0.827. The largest absolute Gasteiger partial charge is 0.481 e. The van der Waals surface area contributed by atoms with Crippen molar-refractivity contribution in [2.24, 2.45) is 10.8 Å². The summed E-state index contributed by atoms with van der Waals surface area (Å²) in [5, 5.41) is 8.65. The minimum absolute atomic E-state index is 0. The van der Waals surface area contributed by atoms with Crippen molar-refractivity contribution in [3.63, 3.8) is 0 Å². The zero-order valence-corrected chi connectivity index (χ0v) is 9.68. The molecule has 0 aromatic rings. The smallest absolute Gasteiger partial charge is 0.303 e. The highest BCUT2D eigenvalue weighted by molar-refractivity contribution is 5.84. The monoisotopic (exact) mass is 216 g/mol. The van der Waals surface area contributed by atoms with Crippen molar-refractivity contribution >= 4 is 11.8 Å². The van der Waals surface area contributed by atoms with Gasteiger partial charge >= 0.3 is 5.97 Å². The Bertz CT molecular complexity index is 234. The van der Waals surface area contributed by atoms with Crippen LogP contribution in [-0.2, 0) is 9.59 Å². The quantitative estimate of drug-likeness (QED) is 0.785. The van der Waals surface area contributed by atoms with Crippen molar-refractivity contribution in [2.75, 3.05) is 0 Å². The molecule has 0 aliphatic carbocycles. The molecule has 90 valence electrons. The molecule has 0 aliphatic heterocycles. The Morgan fingerprint density at radius 2 is 1.40 bits per heavy atom. The van der Waals surface area contributed by atoms with E-state index in [1.54, 1.807) is 0 Å². The van der Waals surface area contributed by atoms with E-state index in [0.29, 0.717) is 6.42 Å². The molecule has 3 heteroatoms. The highest BCUT2D eigenvalue weighted by Gasteiger charge is 2.30. The van der Waals surface area contributed by atoms with Gasteiger partial charge in [0.1, 0.15) is 5.78 Å². The van der Waals surface area contributed by atoms with E-state index in [9.17, 15) is 9.59 Å². The van der Waals surface area contributed by atoms with Gasteiger partial charge < -0.3 is 5.11 Å². The number of carbonyl (C=O) groups excluding carboxylic acids is 1. The van der Waals surface area contributed by atoms with Crippen molar-refractivity contribution in [1.29, 1.82) is 0 Å². The van der Waals surface area contributed by atoms with Gasteiger partial charge in [0.05, 0.1) is 6.42 Å². The number of hydrogen-bond acceptors (Lipinski definition) is 2. The van der Waals surface area contributed by atoms with Crippen molar-refractivity contribution < 1.29 is 14.7 Å². The van der Waals surface area contributed by atoms with Crippen molar-refractivity contribution in [3.05, 3.63) is 0 Å². The summed E-state index contributed by atoms with van der Waals surface area (Å²) in [6.45, 7) is 9.18. The summed E-state index contributed by atoms with van der Waals surface area (Å²) in [6, 6.07) is 0. The molecule has 0 rings (SSSR count). The molecule has 0 bridgehead atoms. The highest BCUT2D eigenvalue weighted by Crippen LogP contribution is 2.30. The molecule has 0 saturated carbocycles. The van der Waals surface area contributed by atoms with Crippen LogP contribution >= 0.6 is 0 Å². The van der Waals surface area contributed by atoms with Crippen molar-refractivity contribution in [2.45, 2.75) is 54.9 Å². The molecule has 15 heavy (non-hydrogen) atoms. The van der Waals surface area contributed by atoms with Crippen LogP contribution in [0.4, 0.5) is 0 Å². The number of aliphatic carboxylic acids is 1. The van der Waals surface area contributed by atoms with Gasteiger partial charge in [-0.1, -0.05) is 42.0 Å². The molecule has 3 nitrogen and oxygen atoms in total. The molecule has 0 aliphatic rings. The zero-order chi connectivity index (χ0) is 11.6. The summed E-state index contributed by atoms with van der Waals surface area (Å²) in [5.74, 6) is -0.736. The Morgan fingerprint density at radius 3 is 1.67 bits per heavy atom. The first kappa shape index (κ1) is 16.6. The van der Waals surface area contributed by atoms with Gasteiger partial charge in [-0.05, 0) is 5.41 Å². The van der Waals surface area contributed by atoms with Crippen LogP contribution in [0, 0.1) is 10.8 Å². The number of hydrogen-bond donors (Lipinski definition) is 1. The third kappa shape index (κ3) is 7.11. The van der Waals surface area contributed by atoms with Crippen LogP contribution in [0.15, 0.2) is 0 Å². The number of carbonyl (C=O) groups is 2. The van der Waals surface area contributed by atoms with Gasteiger partial charge in [0.25, 0.3) is 0 Å². The fraction of sp³-hybridized carbons (Fsp3) is 0.833. The number of ketones is 1. The molecule has 0 heterocycles. The Morgan fingerprint density at radius 1 is 1.00 bits per heavy atom. The lowest BCUT2D eigenvalue weighted by Crippen LogP contribution is -2.28. The number of Topliss-reactive ketones (excluding diaryl/α,β-unsaturated/α-hetero) is 1. The van der Waals surface area contributed by atoms with Gasteiger partial charge in [0.15, 0.2) is 0 Å². The number of rotatable bonds is 4. The van der Waals surface area contributed by atoms with E-state index < -0.39 is 11.4 Å². The second-order valence-electron chi connectivity index (χ2n) is 5.58. The van der Waals surface area contributed by atoms with Gasteiger partial charge in [-0.3, -0.25) is 9.59 Å². The van der Waals surface area contributed by atoms with E-state index in [0.717, 1.165) is 0 Å². The van der Waals surface area contributed by atoms with E-state index in [2.05, 4.69) is 0 Å². The normalized spacial score (nSPS) is 11.8. The van der Waals surface area contributed by atoms with Gasteiger partial charge in [-0.25, -0.2) is 0 Å². The molecule has 0 saturated heterocycles. The van der Waals surface area contributed by atoms with Gasteiger partial charge in [-0.2, -0.15) is 0 Å². The Kier molecular flexibility index (Phi) is 5.84. The topological polar surface area (TPSA) is 54.4 Å². The minimum Gasteiger partial charge on any atom is -0.481 e. The van der Waals surface area contributed by atoms with Crippen LogP contribution < -0.4 is 0 Å². The predicted octanol–water partition coefficient (Wildman–Crippen LogP) is 3.13. The summed E-state index contributed by atoms with van der Waals surface area (Å²) in [7, 11) is 0. The lowest BCUT2D eigenvalue weighted by Gasteiger charge is -2.26. The van der Waals surface area contributed by atoms with Crippen LogP contribution in [0.3, 0.4) is 0 Å². The molecule has 0 amide bonds. The average molecular weight is 216 g/mol. The maximum absolute atomic E-state index is 11.7. The molecular formula is C12H24O3. The molecule has 0 aromatic heterocycles. The lowest BCUT2D eigenvalue weighted by atomic mass is 9.77.